The lowest BCUT2D eigenvalue weighted by Crippen LogP contribution is -2.46. The molecule has 1 aromatic carbocycles. The second-order valence-corrected chi connectivity index (χ2v) is 5.95. The summed E-state index contributed by atoms with van der Waals surface area (Å²) < 4.78 is 15.6. The van der Waals surface area contributed by atoms with E-state index in [4.69, 9.17) is 0 Å². The van der Waals surface area contributed by atoms with Gasteiger partial charge in [-0.05, 0) is 30.3 Å². The molecule has 0 saturated carbocycles. The summed E-state index contributed by atoms with van der Waals surface area (Å²) in [4.78, 5) is 10.7. The minimum Gasteiger partial charge on any atom is -0.354 e. The first kappa shape index (κ1) is 13.4. The molecule has 0 N–H and O–H groups in total. The molecule has 1 aliphatic heterocycles. The maximum Gasteiger partial charge on any atom is 0.160 e. The average molecular weight is 320 g/mol. The van der Waals surface area contributed by atoms with Crippen molar-refractivity contribution in [1.29, 1.82) is 0 Å². The Bertz CT molecular complexity index is 1050. The average Bonchev–Trinajstić information content (AvgIpc) is 2.98. The molecule has 3 aromatic heterocycles. The predicted octanol–water partition coefficient (Wildman–Crippen LogP) is 2.42. The van der Waals surface area contributed by atoms with E-state index in [1.807, 2.05) is 28.8 Å². The molecule has 1 fully saturated rings. The van der Waals surface area contributed by atoms with E-state index < -0.39 is 0 Å². The van der Waals surface area contributed by atoms with Crippen molar-refractivity contribution in [2.45, 2.75) is 5.92 Å². The molecule has 4 heterocycles. The fourth-order valence-electron chi connectivity index (χ4n) is 3.22. The lowest BCUT2D eigenvalue weighted by atomic mass is 9.98. The highest BCUT2D eigenvalue weighted by Crippen LogP contribution is 2.33. The maximum atomic E-state index is 13.6. The molecule has 0 aliphatic carbocycles. The lowest BCUT2D eigenvalue weighted by Gasteiger charge is -2.39. The van der Waals surface area contributed by atoms with Gasteiger partial charge in [-0.25, -0.2) is 14.4 Å². The second-order valence-electron chi connectivity index (χ2n) is 5.95. The topological polar surface area (TPSA) is 59.2 Å². The largest absolute Gasteiger partial charge is 0.354 e. The number of aromatic nitrogens is 5. The third-order valence-corrected chi connectivity index (χ3v) is 4.46. The highest BCUT2D eigenvalue weighted by Gasteiger charge is 2.33. The van der Waals surface area contributed by atoms with Crippen LogP contribution in [0.15, 0.2) is 48.9 Å². The van der Waals surface area contributed by atoms with Gasteiger partial charge < -0.3 is 4.90 Å². The molecule has 0 atom stereocenters. The lowest BCUT2D eigenvalue weighted by molar-refractivity contribution is 0.494. The first-order valence-corrected chi connectivity index (χ1v) is 7.74. The maximum absolute atomic E-state index is 13.6. The number of fused-ring (bicyclic) bond motifs is 2. The van der Waals surface area contributed by atoms with Crippen molar-refractivity contribution >= 4 is 22.4 Å². The van der Waals surface area contributed by atoms with E-state index in [0.717, 1.165) is 41.3 Å². The van der Waals surface area contributed by atoms with Crippen LogP contribution >= 0.6 is 0 Å². The van der Waals surface area contributed by atoms with Gasteiger partial charge in [-0.1, -0.05) is 6.07 Å². The molecule has 0 spiro atoms. The van der Waals surface area contributed by atoms with Gasteiger partial charge in [-0.15, -0.1) is 10.2 Å². The number of pyridine rings is 1. The molecule has 1 saturated heterocycles. The molecule has 0 amide bonds. The Morgan fingerprint density at radius 2 is 1.96 bits per heavy atom. The van der Waals surface area contributed by atoms with E-state index in [9.17, 15) is 4.39 Å². The van der Waals surface area contributed by atoms with Gasteiger partial charge in [0.2, 0.25) is 0 Å². The van der Waals surface area contributed by atoms with Crippen LogP contribution in [0.3, 0.4) is 0 Å². The van der Waals surface area contributed by atoms with Crippen molar-refractivity contribution in [2.24, 2.45) is 0 Å². The first-order chi connectivity index (χ1) is 11.8. The van der Waals surface area contributed by atoms with Gasteiger partial charge in [0.1, 0.15) is 23.8 Å². The fourth-order valence-corrected chi connectivity index (χ4v) is 3.22. The normalized spacial score (nSPS) is 15.1. The van der Waals surface area contributed by atoms with Gasteiger partial charge in [-0.3, -0.25) is 4.40 Å². The van der Waals surface area contributed by atoms with E-state index >= 15 is 0 Å². The van der Waals surface area contributed by atoms with Crippen molar-refractivity contribution in [1.82, 2.24) is 24.6 Å². The minimum atomic E-state index is -0.279. The Balaban J connectivity index is 1.47. The molecule has 0 unspecified atom stereocenters. The standard InChI is InChI=1S/C17H13FN6/c18-12-4-5-14-13(7-12)17(20-10-19-14)23-8-11(9-23)16-22-21-15-3-1-2-6-24(15)16/h1-7,10-11H,8-9H2. The fraction of sp³-hybridized carbons (Fsp3) is 0.176. The molecule has 1 aliphatic rings. The third kappa shape index (κ3) is 1.94. The van der Waals surface area contributed by atoms with E-state index in [1.54, 1.807) is 6.07 Å². The summed E-state index contributed by atoms with van der Waals surface area (Å²) >= 11 is 0. The van der Waals surface area contributed by atoms with Crippen molar-refractivity contribution in [2.75, 3.05) is 18.0 Å². The number of hydrogen-bond donors (Lipinski definition) is 0. The molecule has 7 heteroatoms. The van der Waals surface area contributed by atoms with E-state index in [0.29, 0.717) is 0 Å². The van der Waals surface area contributed by atoms with Crippen molar-refractivity contribution in [3.63, 3.8) is 0 Å². The van der Waals surface area contributed by atoms with Crippen LogP contribution in [0.5, 0.6) is 0 Å². The quantitative estimate of drug-likeness (QED) is 0.568. The Morgan fingerprint density at radius 1 is 1.04 bits per heavy atom. The van der Waals surface area contributed by atoms with Crippen LogP contribution in [-0.4, -0.2) is 37.7 Å². The van der Waals surface area contributed by atoms with Crippen LogP contribution in [0.2, 0.25) is 0 Å². The summed E-state index contributed by atoms with van der Waals surface area (Å²) in [6.07, 6.45) is 3.50. The van der Waals surface area contributed by atoms with E-state index in [1.165, 1.54) is 18.5 Å². The van der Waals surface area contributed by atoms with Crippen LogP contribution in [0, 0.1) is 5.82 Å². The molecular formula is C17H13FN6. The summed E-state index contributed by atoms with van der Waals surface area (Å²) in [5, 5.41) is 9.25. The van der Waals surface area contributed by atoms with Gasteiger partial charge in [0.05, 0.1) is 11.4 Å². The Hall–Kier alpha value is -3.09. The van der Waals surface area contributed by atoms with Gasteiger partial charge in [0, 0.05) is 24.7 Å². The second kappa shape index (κ2) is 4.95. The number of benzene rings is 1. The molecule has 24 heavy (non-hydrogen) atoms. The van der Waals surface area contributed by atoms with Crippen LogP contribution < -0.4 is 4.90 Å². The highest BCUT2D eigenvalue weighted by atomic mass is 19.1. The van der Waals surface area contributed by atoms with Gasteiger partial charge >= 0.3 is 0 Å². The summed E-state index contributed by atoms with van der Waals surface area (Å²) in [6.45, 7) is 1.55. The van der Waals surface area contributed by atoms with Crippen molar-refractivity contribution in [3.05, 3.63) is 60.6 Å². The summed E-state index contributed by atoms with van der Waals surface area (Å²) in [7, 11) is 0. The molecule has 4 aromatic rings. The number of rotatable bonds is 2. The number of nitrogens with zero attached hydrogens (tertiary/aromatic N) is 6. The Kier molecular flexibility index (Phi) is 2.76. The number of anilines is 1. The Morgan fingerprint density at radius 3 is 2.88 bits per heavy atom. The van der Waals surface area contributed by atoms with Gasteiger partial charge in [-0.2, -0.15) is 0 Å². The van der Waals surface area contributed by atoms with Gasteiger partial charge in [0.15, 0.2) is 5.65 Å². The number of hydrogen-bond acceptors (Lipinski definition) is 5. The van der Waals surface area contributed by atoms with E-state index in [2.05, 4.69) is 25.1 Å². The van der Waals surface area contributed by atoms with Crippen LogP contribution in [0.25, 0.3) is 16.6 Å². The van der Waals surface area contributed by atoms with Crippen molar-refractivity contribution in [3.8, 4) is 0 Å². The van der Waals surface area contributed by atoms with Crippen LogP contribution in [0.1, 0.15) is 11.7 Å². The molecule has 6 nitrogen and oxygen atoms in total. The highest BCUT2D eigenvalue weighted by molar-refractivity contribution is 5.89. The molecule has 0 radical (unpaired) electrons. The summed E-state index contributed by atoms with van der Waals surface area (Å²) in [6, 6.07) is 10.4. The zero-order valence-electron chi connectivity index (χ0n) is 12.7. The smallest absolute Gasteiger partial charge is 0.160 e. The van der Waals surface area contributed by atoms with Crippen molar-refractivity contribution < 1.29 is 4.39 Å². The van der Waals surface area contributed by atoms with E-state index in [-0.39, 0.29) is 11.7 Å². The molecule has 118 valence electrons. The number of halogens is 1. The first-order valence-electron chi connectivity index (χ1n) is 7.74. The van der Waals surface area contributed by atoms with Gasteiger partial charge in [0.25, 0.3) is 0 Å². The van der Waals surface area contributed by atoms with Crippen LogP contribution in [0.4, 0.5) is 10.2 Å². The molecule has 0 bridgehead atoms. The monoisotopic (exact) mass is 320 g/mol. The van der Waals surface area contributed by atoms with Crippen LogP contribution in [-0.2, 0) is 0 Å². The summed E-state index contributed by atoms with van der Waals surface area (Å²) in [5.74, 6) is 1.72. The zero-order valence-corrected chi connectivity index (χ0v) is 12.7. The SMILES string of the molecule is Fc1ccc2ncnc(N3CC(c4nnc5ccccn45)C3)c2c1. The third-order valence-electron chi connectivity index (χ3n) is 4.46. The predicted molar refractivity (Wildman–Crippen MR) is 87.4 cm³/mol. The molecule has 5 rings (SSSR count). The molecular weight excluding hydrogens is 307 g/mol. The Labute approximate surface area is 136 Å². The minimum absolute atomic E-state index is 0.279. The zero-order chi connectivity index (χ0) is 16.1. The summed E-state index contributed by atoms with van der Waals surface area (Å²) in [5.41, 5.74) is 1.60.